The van der Waals surface area contributed by atoms with Crippen molar-refractivity contribution in [2.75, 3.05) is 18.8 Å². The van der Waals surface area contributed by atoms with Gasteiger partial charge in [-0.2, -0.15) is 5.10 Å². The van der Waals surface area contributed by atoms with E-state index in [2.05, 4.69) is 21.4 Å². The zero-order chi connectivity index (χ0) is 11.7. The van der Waals surface area contributed by atoms with Gasteiger partial charge in [0.25, 0.3) is 0 Å². The Morgan fingerprint density at radius 1 is 1.35 bits per heavy atom. The van der Waals surface area contributed by atoms with Gasteiger partial charge in [-0.25, -0.2) is 0 Å². The molecule has 1 aliphatic rings. The third-order valence-electron chi connectivity index (χ3n) is 3.19. The fraction of sp³-hybridized carbons (Fsp3) is 0.417. The second kappa shape index (κ2) is 4.50. The minimum absolute atomic E-state index is 0.601. The molecule has 0 aromatic carbocycles. The van der Waals surface area contributed by atoms with Gasteiger partial charge < -0.3 is 5.73 Å². The van der Waals surface area contributed by atoms with Crippen LogP contribution in [0.4, 0.5) is 5.82 Å². The first kappa shape index (κ1) is 10.8. The molecule has 4 nitrogen and oxygen atoms in total. The van der Waals surface area contributed by atoms with Crippen LogP contribution in [-0.2, 0) is 19.5 Å². The summed E-state index contributed by atoms with van der Waals surface area (Å²) in [6.07, 6.45) is 3.13. The Morgan fingerprint density at radius 3 is 3.12 bits per heavy atom. The van der Waals surface area contributed by atoms with E-state index in [1.165, 1.54) is 12.0 Å². The molecule has 0 atom stereocenters. The minimum atomic E-state index is 0.601. The number of hydrogen-bond acceptors (Lipinski definition) is 4. The van der Waals surface area contributed by atoms with Crippen LogP contribution in [0.3, 0.4) is 0 Å². The summed E-state index contributed by atoms with van der Waals surface area (Å²) in [6.45, 7) is 4.19. The molecule has 0 saturated heterocycles. The maximum Gasteiger partial charge on any atom is 0.145 e. The van der Waals surface area contributed by atoms with Crippen LogP contribution >= 0.6 is 11.3 Å². The molecule has 3 heterocycles. The number of nitrogens with two attached hydrogens (primary N) is 1. The molecular formula is C12H16N4S. The standard InChI is InChI=1S/C12H16N4S/c13-12-2-5-16(14-12)7-6-15-4-1-11-10(9-15)3-8-17-11/h2-3,5,8H,1,4,6-7,9H2,(H2,13,14). The summed E-state index contributed by atoms with van der Waals surface area (Å²) in [5, 5.41) is 6.40. The van der Waals surface area contributed by atoms with Crippen molar-refractivity contribution in [1.29, 1.82) is 0 Å². The lowest BCUT2D eigenvalue weighted by atomic mass is 10.1. The van der Waals surface area contributed by atoms with Crippen molar-refractivity contribution < 1.29 is 0 Å². The van der Waals surface area contributed by atoms with Crippen LogP contribution in [0.15, 0.2) is 23.7 Å². The summed E-state index contributed by atoms with van der Waals surface area (Å²) >= 11 is 1.88. The Kier molecular flexibility index (Phi) is 2.86. The number of rotatable bonds is 3. The van der Waals surface area contributed by atoms with Gasteiger partial charge in [-0.3, -0.25) is 9.58 Å². The molecule has 0 radical (unpaired) electrons. The molecule has 2 aromatic rings. The molecule has 2 N–H and O–H groups in total. The topological polar surface area (TPSA) is 47.1 Å². The highest BCUT2D eigenvalue weighted by molar-refractivity contribution is 7.10. The second-order valence-electron chi connectivity index (χ2n) is 4.40. The quantitative estimate of drug-likeness (QED) is 0.897. The Bertz CT molecular complexity index is 502. The third-order valence-corrected chi connectivity index (χ3v) is 4.22. The van der Waals surface area contributed by atoms with Gasteiger partial charge in [-0.05, 0) is 29.5 Å². The molecule has 0 spiro atoms. The van der Waals surface area contributed by atoms with Gasteiger partial charge >= 0.3 is 0 Å². The largest absolute Gasteiger partial charge is 0.382 e. The normalized spacial score (nSPS) is 16.0. The molecule has 0 aliphatic carbocycles. The van der Waals surface area contributed by atoms with Crippen molar-refractivity contribution in [3.63, 3.8) is 0 Å². The van der Waals surface area contributed by atoms with E-state index < -0.39 is 0 Å². The zero-order valence-corrected chi connectivity index (χ0v) is 10.5. The maximum atomic E-state index is 5.59. The van der Waals surface area contributed by atoms with Crippen LogP contribution in [0.1, 0.15) is 10.4 Å². The van der Waals surface area contributed by atoms with Gasteiger partial charge in [-0.15, -0.1) is 11.3 Å². The van der Waals surface area contributed by atoms with E-state index >= 15 is 0 Å². The van der Waals surface area contributed by atoms with Gasteiger partial charge in [0, 0.05) is 30.7 Å². The summed E-state index contributed by atoms with van der Waals surface area (Å²) in [7, 11) is 0. The minimum Gasteiger partial charge on any atom is -0.382 e. The van der Waals surface area contributed by atoms with E-state index in [-0.39, 0.29) is 0 Å². The predicted octanol–water partition coefficient (Wildman–Crippen LogP) is 1.59. The van der Waals surface area contributed by atoms with Crippen LogP contribution in [0.2, 0.25) is 0 Å². The van der Waals surface area contributed by atoms with E-state index in [1.807, 2.05) is 28.3 Å². The van der Waals surface area contributed by atoms with Gasteiger partial charge in [0.1, 0.15) is 5.82 Å². The van der Waals surface area contributed by atoms with Gasteiger partial charge in [0.2, 0.25) is 0 Å². The summed E-state index contributed by atoms with van der Waals surface area (Å²) in [6, 6.07) is 4.09. The first-order valence-electron chi connectivity index (χ1n) is 5.88. The van der Waals surface area contributed by atoms with Crippen molar-refractivity contribution in [3.8, 4) is 0 Å². The molecule has 2 aromatic heterocycles. The van der Waals surface area contributed by atoms with Crippen molar-refractivity contribution in [3.05, 3.63) is 34.2 Å². The molecule has 0 fully saturated rings. The molecule has 0 unspecified atom stereocenters. The SMILES string of the molecule is Nc1ccn(CCN2CCc3sccc3C2)n1. The van der Waals surface area contributed by atoms with Crippen LogP contribution in [-0.4, -0.2) is 27.8 Å². The van der Waals surface area contributed by atoms with Crippen molar-refractivity contribution >= 4 is 17.2 Å². The molecule has 5 heteroatoms. The van der Waals surface area contributed by atoms with Crippen molar-refractivity contribution in [2.24, 2.45) is 0 Å². The zero-order valence-electron chi connectivity index (χ0n) is 9.67. The lowest BCUT2D eigenvalue weighted by molar-refractivity contribution is 0.242. The van der Waals surface area contributed by atoms with E-state index in [0.29, 0.717) is 5.82 Å². The summed E-state index contributed by atoms with van der Waals surface area (Å²) in [5.41, 5.74) is 7.09. The maximum absolute atomic E-state index is 5.59. The molecule has 90 valence electrons. The predicted molar refractivity (Wildman–Crippen MR) is 69.9 cm³/mol. The summed E-state index contributed by atoms with van der Waals surface area (Å²) < 4.78 is 1.92. The van der Waals surface area contributed by atoms with Crippen molar-refractivity contribution in [1.82, 2.24) is 14.7 Å². The molecule has 0 bridgehead atoms. The first-order valence-corrected chi connectivity index (χ1v) is 6.76. The lowest BCUT2D eigenvalue weighted by Crippen LogP contribution is -2.32. The molecule has 0 saturated carbocycles. The first-order chi connectivity index (χ1) is 8.31. The number of hydrogen-bond donors (Lipinski definition) is 1. The summed E-state index contributed by atoms with van der Waals surface area (Å²) in [5.74, 6) is 0.601. The number of nitrogens with zero attached hydrogens (tertiary/aromatic N) is 3. The molecule has 1 aliphatic heterocycles. The smallest absolute Gasteiger partial charge is 0.145 e. The second-order valence-corrected chi connectivity index (χ2v) is 5.40. The highest BCUT2D eigenvalue weighted by Gasteiger charge is 2.16. The Labute approximate surface area is 105 Å². The number of nitrogen functional groups attached to an aromatic ring is 1. The van der Waals surface area contributed by atoms with E-state index in [9.17, 15) is 0 Å². The number of fused-ring (bicyclic) bond motifs is 1. The number of thiophene rings is 1. The fourth-order valence-corrected chi connectivity index (χ4v) is 3.13. The Morgan fingerprint density at radius 2 is 2.29 bits per heavy atom. The highest BCUT2D eigenvalue weighted by atomic mass is 32.1. The van der Waals surface area contributed by atoms with Crippen molar-refractivity contribution in [2.45, 2.75) is 19.5 Å². The number of anilines is 1. The van der Waals surface area contributed by atoms with Crippen LogP contribution in [0.5, 0.6) is 0 Å². The Balaban J connectivity index is 1.57. The number of aromatic nitrogens is 2. The molecule has 17 heavy (non-hydrogen) atoms. The fourth-order valence-electron chi connectivity index (χ4n) is 2.24. The van der Waals surface area contributed by atoms with E-state index in [4.69, 9.17) is 5.73 Å². The van der Waals surface area contributed by atoms with Gasteiger partial charge in [-0.1, -0.05) is 0 Å². The average Bonchev–Trinajstić information content (AvgIpc) is 2.94. The molecule has 3 rings (SSSR count). The molecule has 0 amide bonds. The van der Waals surface area contributed by atoms with Crippen LogP contribution in [0, 0.1) is 0 Å². The van der Waals surface area contributed by atoms with Gasteiger partial charge in [0.15, 0.2) is 0 Å². The average molecular weight is 248 g/mol. The van der Waals surface area contributed by atoms with E-state index in [0.717, 1.165) is 26.2 Å². The molecular weight excluding hydrogens is 232 g/mol. The Hall–Kier alpha value is -1.33. The highest BCUT2D eigenvalue weighted by Crippen LogP contribution is 2.23. The monoisotopic (exact) mass is 248 g/mol. The van der Waals surface area contributed by atoms with Crippen LogP contribution < -0.4 is 5.73 Å². The third kappa shape index (κ3) is 2.35. The summed E-state index contributed by atoms with van der Waals surface area (Å²) in [4.78, 5) is 4.04. The van der Waals surface area contributed by atoms with E-state index in [1.54, 1.807) is 4.88 Å². The van der Waals surface area contributed by atoms with Crippen LogP contribution in [0.25, 0.3) is 0 Å². The van der Waals surface area contributed by atoms with Gasteiger partial charge in [0.05, 0.1) is 6.54 Å². The lowest BCUT2D eigenvalue weighted by Gasteiger charge is -2.26.